The second-order valence-corrected chi connectivity index (χ2v) is 8.54. The molecule has 0 unspecified atom stereocenters. The van der Waals surface area contributed by atoms with E-state index in [0.29, 0.717) is 31.6 Å². The fourth-order valence-electron chi connectivity index (χ4n) is 4.26. The van der Waals surface area contributed by atoms with E-state index in [-0.39, 0.29) is 29.8 Å². The minimum Gasteiger partial charge on any atom is -0.461 e. The molecule has 154 valence electrons. The Morgan fingerprint density at radius 1 is 1.30 bits per heavy atom. The van der Waals surface area contributed by atoms with E-state index in [2.05, 4.69) is 13.0 Å². The molecule has 0 bridgehead atoms. The van der Waals surface area contributed by atoms with E-state index < -0.39 is 18.3 Å². The molecule has 3 N–H and O–H groups in total. The zero-order chi connectivity index (χ0) is 20.1. The molecular formula is C22H36O5. The molecule has 7 atom stereocenters. The number of aliphatic hydroxyl groups is 3. The van der Waals surface area contributed by atoms with Gasteiger partial charge in [-0.2, -0.15) is 0 Å². The Balaban J connectivity index is 2.13. The predicted molar refractivity (Wildman–Crippen MR) is 105 cm³/mol. The van der Waals surface area contributed by atoms with Gasteiger partial charge in [-0.05, 0) is 43.1 Å². The van der Waals surface area contributed by atoms with E-state index in [1.807, 2.05) is 32.9 Å². The predicted octanol–water partition coefficient (Wildman–Crippen LogP) is 2.99. The van der Waals surface area contributed by atoms with Crippen LogP contribution in [-0.2, 0) is 9.53 Å². The third kappa shape index (κ3) is 5.90. The lowest BCUT2D eigenvalue weighted by Crippen LogP contribution is -2.43. The van der Waals surface area contributed by atoms with Crippen LogP contribution < -0.4 is 0 Å². The Kier molecular flexibility index (Phi) is 8.07. The Morgan fingerprint density at radius 3 is 2.63 bits per heavy atom. The molecular weight excluding hydrogens is 344 g/mol. The van der Waals surface area contributed by atoms with Crippen molar-refractivity contribution >= 4 is 5.97 Å². The minimum atomic E-state index is -0.606. The number of allylic oxidation sites excluding steroid dienone is 2. The molecule has 2 rings (SSSR count). The summed E-state index contributed by atoms with van der Waals surface area (Å²) in [5, 5.41) is 30.2. The van der Waals surface area contributed by atoms with E-state index in [9.17, 15) is 20.1 Å². The molecule has 2 aliphatic carbocycles. The Morgan fingerprint density at radius 2 is 2.00 bits per heavy atom. The van der Waals surface area contributed by atoms with Crippen LogP contribution in [0.25, 0.3) is 0 Å². The Labute approximate surface area is 163 Å². The number of carbonyl (C=O) groups is 1. The topological polar surface area (TPSA) is 87.0 Å². The maximum Gasteiger partial charge on any atom is 0.308 e. The zero-order valence-corrected chi connectivity index (χ0v) is 17.0. The number of ether oxygens (including phenoxy) is 1. The molecule has 0 spiro atoms. The fourth-order valence-corrected chi connectivity index (χ4v) is 4.26. The molecule has 2 aliphatic rings. The lowest BCUT2D eigenvalue weighted by atomic mass is 9.66. The number of hydrogen-bond donors (Lipinski definition) is 3. The molecule has 0 aromatic carbocycles. The van der Waals surface area contributed by atoms with Gasteiger partial charge in [0.25, 0.3) is 0 Å². The van der Waals surface area contributed by atoms with Crippen LogP contribution in [0.5, 0.6) is 0 Å². The molecule has 0 aromatic heterocycles. The van der Waals surface area contributed by atoms with E-state index in [1.54, 1.807) is 0 Å². The van der Waals surface area contributed by atoms with Gasteiger partial charge in [0.05, 0.1) is 24.2 Å². The normalized spacial score (nSPS) is 32.6. The molecule has 0 aromatic rings. The van der Waals surface area contributed by atoms with Crippen molar-refractivity contribution < 1.29 is 24.9 Å². The minimum absolute atomic E-state index is 0.0411. The largest absolute Gasteiger partial charge is 0.461 e. The lowest BCUT2D eigenvalue weighted by molar-refractivity contribution is -0.158. The summed E-state index contributed by atoms with van der Waals surface area (Å²) in [4.78, 5) is 12.2. The van der Waals surface area contributed by atoms with Crippen molar-refractivity contribution in [2.45, 2.75) is 84.2 Å². The van der Waals surface area contributed by atoms with E-state index in [0.717, 1.165) is 12.0 Å². The average Bonchev–Trinajstić information content (AvgIpc) is 2.60. The Bertz CT molecular complexity index is 553. The molecule has 0 heterocycles. The highest BCUT2D eigenvalue weighted by atomic mass is 16.5. The van der Waals surface area contributed by atoms with Crippen LogP contribution in [0.3, 0.4) is 0 Å². The van der Waals surface area contributed by atoms with Crippen molar-refractivity contribution in [3.05, 3.63) is 23.8 Å². The van der Waals surface area contributed by atoms with Crippen LogP contribution in [0.2, 0.25) is 0 Å². The number of aliphatic hydroxyl groups excluding tert-OH is 3. The molecule has 5 nitrogen and oxygen atoms in total. The van der Waals surface area contributed by atoms with Crippen LogP contribution in [-0.4, -0.2) is 45.7 Å². The van der Waals surface area contributed by atoms with Gasteiger partial charge in [0.15, 0.2) is 0 Å². The summed E-state index contributed by atoms with van der Waals surface area (Å²) in [7, 11) is 0. The van der Waals surface area contributed by atoms with Gasteiger partial charge in [0, 0.05) is 12.3 Å². The van der Waals surface area contributed by atoms with E-state index in [4.69, 9.17) is 4.74 Å². The zero-order valence-electron chi connectivity index (χ0n) is 17.0. The fraction of sp³-hybridized carbons (Fsp3) is 0.773. The van der Waals surface area contributed by atoms with Gasteiger partial charge in [-0.3, -0.25) is 4.79 Å². The number of esters is 1. The van der Waals surface area contributed by atoms with Gasteiger partial charge in [-0.15, -0.1) is 0 Å². The van der Waals surface area contributed by atoms with Crippen LogP contribution in [0.4, 0.5) is 0 Å². The van der Waals surface area contributed by atoms with Crippen molar-refractivity contribution in [2.24, 2.45) is 23.7 Å². The third-order valence-corrected chi connectivity index (χ3v) is 5.96. The van der Waals surface area contributed by atoms with Gasteiger partial charge >= 0.3 is 5.97 Å². The third-order valence-electron chi connectivity index (χ3n) is 5.96. The van der Waals surface area contributed by atoms with Crippen LogP contribution >= 0.6 is 0 Å². The van der Waals surface area contributed by atoms with Crippen molar-refractivity contribution in [1.29, 1.82) is 0 Å². The van der Waals surface area contributed by atoms with Crippen molar-refractivity contribution in [3.8, 4) is 0 Å². The average molecular weight is 381 g/mol. The molecule has 0 saturated heterocycles. The first-order valence-electron chi connectivity index (χ1n) is 10.4. The van der Waals surface area contributed by atoms with Crippen LogP contribution in [0.15, 0.2) is 23.8 Å². The van der Waals surface area contributed by atoms with Gasteiger partial charge in [-0.25, -0.2) is 0 Å². The number of rotatable bonds is 8. The van der Waals surface area contributed by atoms with Crippen molar-refractivity contribution in [1.82, 2.24) is 0 Å². The summed E-state index contributed by atoms with van der Waals surface area (Å²) in [6.45, 7) is 7.68. The second-order valence-electron chi connectivity index (χ2n) is 8.54. The summed E-state index contributed by atoms with van der Waals surface area (Å²) in [5.74, 6) is 0.127. The van der Waals surface area contributed by atoms with Gasteiger partial charge in [0.2, 0.25) is 0 Å². The van der Waals surface area contributed by atoms with Crippen LogP contribution in [0, 0.1) is 23.7 Å². The molecule has 0 amide bonds. The van der Waals surface area contributed by atoms with Gasteiger partial charge in [0.1, 0.15) is 6.10 Å². The summed E-state index contributed by atoms with van der Waals surface area (Å²) in [6, 6.07) is 0. The molecule has 0 radical (unpaired) electrons. The quantitative estimate of drug-likeness (QED) is 0.564. The summed E-state index contributed by atoms with van der Waals surface area (Å²) in [5.41, 5.74) is 1.03. The maximum absolute atomic E-state index is 12.2. The second kappa shape index (κ2) is 9.85. The number of hydrogen-bond acceptors (Lipinski definition) is 5. The monoisotopic (exact) mass is 380 g/mol. The first-order valence-corrected chi connectivity index (χ1v) is 10.4. The first-order chi connectivity index (χ1) is 12.7. The molecule has 0 aliphatic heterocycles. The van der Waals surface area contributed by atoms with Gasteiger partial charge < -0.3 is 20.1 Å². The van der Waals surface area contributed by atoms with E-state index in [1.165, 1.54) is 0 Å². The maximum atomic E-state index is 12.2. The van der Waals surface area contributed by atoms with Gasteiger partial charge in [-0.1, -0.05) is 45.9 Å². The van der Waals surface area contributed by atoms with E-state index >= 15 is 0 Å². The smallest absolute Gasteiger partial charge is 0.308 e. The SMILES string of the molecule is CC[C@H](O)C[C@@H](O)CC[C@@H]1[C@@H]2C(=C[C@@H](O)C[C@@H]2OC(=O)C(C)C)C=C[C@@H]1C. The highest BCUT2D eigenvalue weighted by Crippen LogP contribution is 2.44. The number of fused-ring (bicyclic) bond motifs is 1. The number of carbonyl (C=O) groups excluding carboxylic acids is 1. The molecule has 27 heavy (non-hydrogen) atoms. The summed E-state index contributed by atoms with van der Waals surface area (Å²) < 4.78 is 5.78. The standard InChI is InChI=1S/C22H36O5/c1-5-16(23)11-17(24)8-9-19-14(4)6-7-15-10-18(25)12-20(21(15)19)27-22(26)13(2)3/h6-7,10,13-14,16-21,23-25H,5,8-9,11-12H2,1-4H3/t14-,16-,17-,18+,19-,20-,21-/m0/s1. The highest BCUT2D eigenvalue weighted by molar-refractivity contribution is 5.71. The molecule has 0 fully saturated rings. The highest BCUT2D eigenvalue weighted by Gasteiger charge is 2.42. The van der Waals surface area contributed by atoms with Crippen molar-refractivity contribution in [2.75, 3.05) is 0 Å². The summed E-state index contributed by atoms with van der Waals surface area (Å²) in [6.07, 6.45) is 6.95. The summed E-state index contributed by atoms with van der Waals surface area (Å²) >= 11 is 0. The first kappa shape index (κ1) is 22.1. The molecule has 5 heteroatoms. The van der Waals surface area contributed by atoms with Crippen LogP contribution in [0.1, 0.15) is 59.8 Å². The van der Waals surface area contributed by atoms with Crippen molar-refractivity contribution in [3.63, 3.8) is 0 Å². The molecule has 0 saturated carbocycles. The lowest BCUT2D eigenvalue weighted by Gasteiger charge is -2.43. The Hall–Kier alpha value is -1.17.